The van der Waals surface area contributed by atoms with Gasteiger partial charge >= 0.3 is 5.97 Å². The van der Waals surface area contributed by atoms with E-state index in [1.165, 1.54) is 12.4 Å². The Morgan fingerprint density at radius 3 is 2.81 bits per heavy atom. The number of rotatable bonds is 6. The molecule has 5 nitrogen and oxygen atoms in total. The molecule has 0 fully saturated rings. The molecule has 16 heavy (non-hydrogen) atoms. The van der Waals surface area contributed by atoms with Crippen LogP contribution < -0.4 is 4.74 Å². The van der Waals surface area contributed by atoms with Crippen molar-refractivity contribution < 1.29 is 14.6 Å². The summed E-state index contributed by atoms with van der Waals surface area (Å²) in [4.78, 5) is 19.0. The maximum Gasteiger partial charge on any atom is 0.312 e. The average molecular weight is 224 g/mol. The van der Waals surface area contributed by atoms with Crippen LogP contribution in [0.4, 0.5) is 0 Å². The van der Waals surface area contributed by atoms with Crippen LogP contribution in [0.3, 0.4) is 0 Å². The molecule has 0 aliphatic rings. The Morgan fingerprint density at radius 1 is 1.50 bits per heavy atom. The number of carboxylic acid groups (broad SMARTS) is 1. The molecule has 0 saturated heterocycles. The first-order valence-corrected chi connectivity index (χ1v) is 5.36. The minimum Gasteiger partial charge on any atom is -0.481 e. The van der Waals surface area contributed by atoms with Gasteiger partial charge in [0.25, 0.3) is 0 Å². The van der Waals surface area contributed by atoms with Gasteiger partial charge in [0.05, 0.1) is 18.5 Å². The van der Waals surface area contributed by atoms with Crippen LogP contribution in [0, 0.1) is 0 Å². The van der Waals surface area contributed by atoms with Crippen LogP contribution in [0.2, 0.25) is 0 Å². The zero-order chi connectivity index (χ0) is 12.0. The SMILES string of the molecule is CCCOc1cncc(C(CC)C(=O)O)n1. The van der Waals surface area contributed by atoms with Gasteiger partial charge < -0.3 is 9.84 Å². The third kappa shape index (κ3) is 3.18. The topological polar surface area (TPSA) is 72.3 Å². The molecule has 0 aliphatic heterocycles. The highest BCUT2D eigenvalue weighted by molar-refractivity contribution is 5.75. The second kappa shape index (κ2) is 6.05. The van der Waals surface area contributed by atoms with Crippen molar-refractivity contribution in [2.75, 3.05) is 6.61 Å². The molecule has 1 heterocycles. The van der Waals surface area contributed by atoms with E-state index in [-0.39, 0.29) is 0 Å². The minimum atomic E-state index is -0.885. The maximum atomic E-state index is 10.9. The summed E-state index contributed by atoms with van der Waals surface area (Å²) in [6, 6.07) is 0. The van der Waals surface area contributed by atoms with Crippen molar-refractivity contribution >= 4 is 5.97 Å². The van der Waals surface area contributed by atoms with Crippen molar-refractivity contribution in [3.8, 4) is 5.88 Å². The van der Waals surface area contributed by atoms with E-state index in [2.05, 4.69) is 9.97 Å². The Hall–Kier alpha value is -1.65. The van der Waals surface area contributed by atoms with E-state index in [4.69, 9.17) is 9.84 Å². The number of carbonyl (C=O) groups is 1. The van der Waals surface area contributed by atoms with Crippen molar-refractivity contribution in [1.82, 2.24) is 9.97 Å². The molecule has 0 radical (unpaired) electrons. The van der Waals surface area contributed by atoms with Gasteiger partial charge in [-0.25, -0.2) is 4.98 Å². The van der Waals surface area contributed by atoms with E-state index < -0.39 is 11.9 Å². The Balaban J connectivity index is 2.83. The zero-order valence-electron chi connectivity index (χ0n) is 9.51. The lowest BCUT2D eigenvalue weighted by Crippen LogP contribution is -2.13. The minimum absolute atomic E-state index is 0.388. The Bertz CT molecular complexity index is 355. The predicted molar refractivity (Wildman–Crippen MR) is 58.5 cm³/mol. The zero-order valence-corrected chi connectivity index (χ0v) is 9.51. The van der Waals surface area contributed by atoms with Crippen LogP contribution >= 0.6 is 0 Å². The predicted octanol–water partition coefficient (Wildman–Crippen LogP) is 1.84. The van der Waals surface area contributed by atoms with E-state index >= 15 is 0 Å². The lowest BCUT2D eigenvalue weighted by atomic mass is 10.0. The number of aliphatic carboxylic acids is 1. The van der Waals surface area contributed by atoms with Crippen molar-refractivity contribution in [2.45, 2.75) is 32.6 Å². The Labute approximate surface area is 94.5 Å². The number of aromatic nitrogens is 2. The number of hydrogen-bond donors (Lipinski definition) is 1. The molecular formula is C11H16N2O3. The van der Waals surface area contributed by atoms with Crippen molar-refractivity contribution in [3.63, 3.8) is 0 Å². The molecule has 0 saturated carbocycles. The Morgan fingerprint density at radius 2 is 2.25 bits per heavy atom. The first-order valence-electron chi connectivity index (χ1n) is 5.36. The van der Waals surface area contributed by atoms with E-state index in [0.717, 1.165) is 6.42 Å². The van der Waals surface area contributed by atoms with Crippen LogP contribution in [-0.4, -0.2) is 27.7 Å². The Kier molecular flexibility index (Phi) is 4.69. The third-order valence-corrected chi connectivity index (χ3v) is 2.15. The van der Waals surface area contributed by atoms with E-state index in [1.54, 1.807) is 6.92 Å². The van der Waals surface area contributed by atoms with E-state index in [9.17, 15) is 4.79 Å². The van der Waals surface area contributed by atoms with Gasteiger partial charge in [-0.2, -0.15) is 0 Å². The molecular weight excluding hydrogens is 208 g/mol. The van der Waals surface area contributed by atoms with Crippen molar-refractivity contribution in [1.29, 1.82) is 0 Å². The van der Waals surface area contributed by atoms with Crippen LogP contribution in [0.5, 0.6) is 5.88 Å². The van der Waals surface area contributed by atoms with Crippen LogP contribution in [0.15, 0.2) is 12.4 Å². The largest absolute Gasteiger partial charge is 0.481 e. The van der Waals surface area contributed by atoms with Crippen molar-refractivity contribution in [3.05, 3.63) is 18.1 Å². The number of hydrogen-bond acceptors (Lipinski definition) is 4. The highest BCUT2D eigenvalue weighted by atomic mass is 16.5. The monoisotopic (exact) mass is 224 g/mol. The second-order valence-electron chi connectivity index (χ2n) is 3.43. The average Bonchev–Trinajstić information content (AvgIpc) is 2.27. The van der Waals surface area contributed by atoms with E-state index in [0.29, 0.717) is 24.6 Å². The molecule has 1 aromatic heterocycles. The molecule has 88 valence electrons. The smallest absolute Gasteiger partial charge is 0.312 e. The van der Waals surface area contributed by atoms with Crippen LogP contribution in [-0.2, 0) is 4.79 Å². The van der Waals surface area contributed by atoms with Crippen molar-refractivity contribution in [2.24, 2.45) is 0 Å². The first-order chi connectivity index (χ1) is 7.69. The molecule has 1 unspecified atom stereocenters. The summed E-state index contributed by atoms with van der Waals surface area (Å²) in [5.41, 5.74) is 0.448. The summed E-state index contributed by atoms with van der Waals surface area (Å²) in [6.07, 6.45) is 4.33. The quantitative estimate of drug-likeness (QED) is 0.798. The summed E-state index contributed by atoms with van der Waals surface area (Å²) < 4.78 is 5.30. The summed E-state index contributed by atoms with van der Waals surface area (Å²) >= 11 is 0. The van der Waals surface area contributed by atoms with Gasteiger partial charge in [-0.05, 0) is 12.8 Å². The third-order valence-electron chi connectivity index (χ3n) is 2.15. The molecule has 1 atom stereocenters. The molecule has 0 spiro atoms. The molecule has 5 heteroatoms. The summed E-state index contributed by atoms with van der Waals surface area (Å²) in [5.74, 6) is -1.11. The van der Waals surface area contributed by atoms with E-state index in [1.807, 2.05) is 6.92 Å². The molecule has 0 bridgehead atoms. The fraction of sp³-hybridized carbons (Fsp3) is 0.545. The first kappa shape index (κ1) is 12.4. The summed E-state index contributed by atoms with van der Waals surface area (Å²) in [7, 11) is 0. The van der Waals surface area contributed by atoms with Crippen LogP contribution in [0.25, 0.3) is 0 Å². The molecule has 0 aliphatic carbocycles. The fourth-order valence-corrected chi connectivity index (χ4v) is 1.32. The van der Waals surface area contributed by atoms with Gasteiger partial charge in [0.1, 0.15) is 5.92 Å². The number of ether oxygens (including phenoxy) is 1. The maximum absolute atomic E-state index is 10.9. The molecule has 1 N–H and O–H groups in total. The summed E-state index contributed by atoms with van der Waals surface area (Å²) in [6.45, 7) is 4.35. The molecule has 1 aromatic rings. The fourth-order valence-electron chi connectivity index (χ4n) is 1.32. The molecule has 0 aromatic carbocycles. The lowest BCUT2D eigenvalue weighted by molar-refractivity contribution is -0.138. The standard InChI is InChI=1S/C11H16N2O3/c1-3-5-16-10-7-12-6-9(13-10)8(4-2)11(14)15/h6-8H,3-5H2,1-2H3,(H,14,15). The van der Waals surface area contributed by atoms with Gasteiger partial charge in [-0.15, -0.1) is 0 Å². The van der Waals surface area contributed by atoms with Gasteiger partial charge in [-0.1, -0.05) is 13.8 Å². The van der Waals surface area contributed by atoms with Gasteiger partial charge in [0.2, 0.25) is 5.88 Å². The number of carboxylic acids is 1. The summed E-state index contributed by atoms with van der Waals surface area (Å²) in [5, 5.41) is 8.99. The van der Waals surface area contributed by atoms with Gasteiger partial charge in [0, 0.05) is 6.20 Å². The van der Waals surface area contributed by atoms with Gasteiger partial charge in [-0.3, -0.25) is 9.78 Å². The normalized spacial score (nSPS) is 12.1. The number of nitrogens with zero attached hydrogens (tertiary/aromatic N) is 2. The van der Waals surface area contributed by atoms with Gasteiger partial charge in [0.15, 0.2) is 0 Å². The molecule has 0 amide bonds. The second-order valence-corrected chi connectivity index (χ2v) is 3.43. The highest BCUT2D eigenvalue weighted by Gasteiger charge is 2.19. The van der Waals surface area contributed by atoms with Crippen LogP contribution in [0.1, 0.15) is 38.3 Å². The lowest BCUT2D eigenvalue weighted by Gasteiger charge is -2.10. The molecule has 1 rings (SSSR count). The highest BCUT2D eigenvalue weighted by Crippen LogP contribution is 2.18.